The van der Waals surface area contributed by atoms with Crippen molar-refractivity contribution in [1.29, 1.82) is 0 Å². The SMILES string of the molecule is NNc1cc(Br)nc(Br)c1. The van der Waals surface area contributed by atoms with Gasteiger partial charge in [0.1, 0.15) is 9.21 Å². The maximum absolute atomic E-state index is 5.17. The zero-order chi connectivity index (χ0) is 7.56. The Hall–Kier alpha value is -0.130. The molecular formula is C5H5Br2N3. The number of nitrogens with two attached hydrogens (primary N) is 1. The number of halogens is 2. The second-order valence-electron chi connectivity index (χ2n) is 1.65. The van der Waals surface area contributed by atoms with Gasteiger partial charge in [-0.15, -0.1) is 0 Å². The summed E-state index contributed by atoms with van der Waals surface area (Å²) in [6.45, 7) is 0. The first-order valence-corrected chi connectivity index (χ1v) is 4.10. The molecule has 0 saturated carbocycles. The van der Waals surface area contributed by atoms with Gasteiger partial charge in [-0.25, -0.2) is 4.98 Å². The van der Waals surface area contributed by atoms with Crippen LogP contribution in [0.5, 0.6) is 0 Å². The predicted molar refractivity (Wildman–Crippen MR) is 47.4 cm³/mol. The van der Waals surface area contributed by atoms with Crippen LogP contribution in [0.25, 0.3) is 0 Å². The highest BCUT2D eigenvalue weighted by molar-refractivity contribution is 9.11. The summed E-state index contributed by atoms with van der Waals surface area (Å²) in [6.07, 6.45) is 0. The van der Waals surface area contributed by atoms with E-state index in [1.807, 2.05) is 0 Å². The van der Waals surface area contributed by atoms with Crippen molar-refractivity contribution in [2.24, 2.45) is 5.84 Å². The first-order chi connectivity index (χ1) is 4.72. The second kappa shape index (κ2) is 3.32. The van der Waals surface area contributed by atoms with Gasteiger partial charge in [-0.3, -0.25) is 5.84 Å². The van der Waals surface area contributed by atoms with Crippen LogP contribution in [0.1, 0.15) is 0 Å². The van der Waals surface area contributed by atoms with E-state index < -0.39 is 0 Å². The molecule has 0 bridgehead atoms. The van der Waals surface area contributed by atoms with Gasteiger partial charge in [-0.2, -0.15) is 0 Å². The van der Waals surface area contributed by atoms with E-state index in [4.69, 9.17) is 5.84 Å². The number of nitrogen functional groups attached to an aromatic ring is 1. The topological polar surface area (TPSA) is 50.9 Å². The molecule has 5 heteroatoms. The Morgan fingerprint density at radius 2 is 1.80 bits per heavy atom. The van der Waals surface area contributed by atoms with E-state index in [-0.39, 0.29) is 0 Å². The minimum atomic E-state index is 0.745. The first kappa shape index (κ1) is 7.97. The van der Waals surface area contributed by atoms with Crippen LogP contribution in [0.3, 0.4) is 0 Å². The highest BCUT2D eigenvalue weighted by Crippen LogP contribution is 2.18. The molecule has 3 N–H and O–H groups in total. The van der Waals surface area contributed by atoms with Gasteiger partial charge >= 0.3 is 0 Å². The minimum absolute atomic E-state index is 0.745. The van der Waals surface area contributed by atoms with E-state index in [0.717, 1.165) is 14.9 Å². The molecule has 0 aliphatic heterocycles. The van der Waals surface area contributed by atoms with Crippen molar-refractivity contribution < 1.29 is 0 Å². The molecule has 0 saturated heterocycles. The molecule has 0 aromatic carbocycles. The largest absolute Gasteiger partial charge is 0.324 e. The number of hydrogen-bond acceptors (Lipinski definition) is 3. The third-order valence-electron chi connectivity index (χ3n) is 0.929. The van der Waals surface area contributed by atoms with Crippen molar-refractivity contribution in [2.75, 3.05) is 5.43 Å². The molecule has 0 radical (unpaired) electrons. The normalized spacial score (nSPS) is 9.50. The highest BCUT2D eigenvalue weighted by Gasteiger charge is 1.94. The maximum atomic E-state index is 5.17. The highest BCUT2D eigenvalue weighted by atomic mass is 79.9. The lowest BCUT2D eigenvalue weighted by Crippen LogP contribution is -2.06. The molecular weight excluding hydrogens is 262 g/mol. The number of nitrogens with one attached hydrogen (secondary N) is 1. The number of pyridine rings is 1. The number of aromatic nitrogens is 1. The van der Waals surface area contributed by atoms with Gasteiger partial charge in [0.15, 0.2) is 0 Å². The summed E-state index contributed by atoms with van der Waals surface area (Å²) in [4.78, 5) is 4.02. The van der Waals surface area contributed by atoms with E-state index in [0.29, 0.717) is 0 Å². The van der Waals surface area contributed by atoms with Crippen LogP contribution in [-0.4, -0.2) is 4.98 Å². The smallest absolute Gasteiger partial charge is 0.109 e. The summed E-state index contributed by atoms with van der Waals surface area (Å²) < 4.78 is 1.49. The fourth-order valence-electron chi connectivity index (χ4n) is 0.548. The lowest BCUT2D eigenvalue weighted by Gasteiger charge is -1.99. The van der Waals surface area contributed by atoms with Crippen molar-refractivity contribution in [3.8, 4) is 0 Å². The molecule has 1 rings (SSSR count). The van der Waals surface area contributed by atoms with Gasteiger partial charge in [0.05, 0.1) is 5.69 Å². The van der Waals surface area contributed by atoms with Crippen molar-refractivity contribution >= 4 is 37.5 Å². The Labute approximate surface area is 75.2 Å². The molecule has 10 heavy (non-hydrogen) atoms. The van der Waals surface area contributed by atoms with Crippen LogP contribution in [0.4, 0.5) is 5.69 Å². The molecule has 0 unspecified atom stereocenters. The van der Waals surface area contributed by atoms with Gasteiger partial charge in [0.2, 0.25) is 0 Å². The summed E-state index contributed by atoms with van der Waals surface area (Å²) in [5.41, 5.74) is 3.32. The summed E-state index contributed by atoms with van der Waals surface area (Å²) in [5, 5.41) is 0. The number of nitrogens with zero attached hydrogens (tertiary/aromatic N) is 1. The maximum Gasteiger partial charge on any atom is 0.109 e. The summed E-state index contributed by atoms with van der Waals surface area (Å²) >= 11 is 6.43. The van der Waals surface area contributed by atoms with Gasteiger partial charge in [0, 0.05) is 0 Å². The third-order valence-corrected chi connectivity index (χ3v) is 1.74. The van der Waals surface area contributed by atoms with Crippen molar-refractivity contribution in [3.63, 3.8) is 0 Å². The van der Waals surface area contributed by atoms with Crippen molar-refractivity contribution in [1.82, 2.24) is 4.98 Å². The Morgan fingerprint density at radius 3 is 2.20 bits per heavy atom. The molecule has 0 aliphatic carbocycles. The average molecular weight is 267 g/mol. The zero-order valence-corrected chi connectivity index (χ0v) is 8.11. The zero-order valence-electron chi connectivity index (χ0n) is 4.94. The molecule has 0 atom stereocenters. The second-order valence-corrected chi connectivity index (χ2v) is 3.27. The van der Waals surface area contributed by atoms with Crippen LogP contribution >= 0.6 is 31.9 Å². The van der Waals surface area contributed by atoms with E-state index in [1.165, 1.54) is 0 Å². The quantitative estimate of drug-likeness (QED) is 0.464. The Bertz CT molecular complexity index is 218. The van der Waals surface area contributed by atoms with Gasteiger partial charge in [-0.1, -0.05) is 0 Å². The predicted octanol–water partition coefficient (Wildman–Crippen LogP) is 1.89. The third kappa shape index (κ3) is 1.93. The molecule has 3 nitrogen and oxygen atoms in total. The molecule has 0 fully saturated rings. The summed E-state index contributed by atoms with van der Waals surface area (Å²) in [7, 11) is 0. The van der Waals surface area contributed by atoms with Crippen LogP contribution in [0.15, 0.2) is 21.3 Å². The van der Waals surface area contributed by atoms with Gasteiger partial charge in [-0.05, 0) is 44.0 Å². The van der Waals surface area contributed by atoms with Crippen LogP contribution in [0.2, 0.25) is 0 Å². The van der Waals surface area contributed by atoms with Gasteiger partial charge in [0.25, 0.3) is 0 Å². The summed E-state index contributed by atoms with van der Waals surface area (Å²) in [6, 6.07) is 3.56. The molecule has 0 amide bonds. The molecule has 1 aromatic heterocycles. The number of anilines is 1. The lowest BCUT2D eigenvalue weighted by molar-refractivity contribution is 1.21. The lowest BCUT2D eigenvalue weighted by atomic mass is 10.4. The van der Waals surface area contributed by atoms with E-state index in [2.05, 4.69) is 42.3 Å². The van der Waals surface area contributed by atoms with Crippen molar-refractivity contribution in [3.05, 3.63) is 21.3 Å². The fraction of sp³-hybridized carbons (Fsp3) is 0. The summed E-state index contributed by atoms with van der Waals surface area (Å²) in [5.74, 6) is 5.17. The number of rotatable bonds is 1. The van der Waals surface area contributed by atoms with Crippen molar-refractivity contribution in [2.45, 2.75) is 0 Å². The van der Waals surface area contributed by atoms with Crippen LogP contribution in [-0.2, 0) is 0 Å². The Balaban J connectivity index is 3.06. The average Bonchev–Trinajstić information content (AvgIpc) is 1.85. The molecule has 1 heterocycles. The first-order valence-electron chi connectivity index (χ1n) is 2.52. The number of hydrogen-bond donors (Lipinski definition) is 2. The van der Waals surface area contributed by atoms with Gasteiger partial charge < -0.3 is 5.43 Å². The Kier molecular flexibility index (Phi) is 2.64. The minimum Gasteiger partial charge on any atom is -0.324 e. The fourth-order valence-corrected chi connectivity index (χ4v) is 1.66. The van der Waals surface area contributed by atoms with Crippen LogP contribution < -0.4 is 11.3 Å². The molecule has 1 aromatic rings. The van der Waals surface area contributed by atoms with E-state index in [9.17, 15) is 0 Å². The molecule has 54 valence electrons. The monoisotopic (exact) mass is 265 g/mol. The van der Waals surface area contributed by atoms with E-state index in [1.54, 1.807) is 12.1 Å². The number of hydrazine groups is 1. The molecule has 0 aliphatic rings. The Morgan fingerprint density at radius 1 is 1.30 bits per heavy atom. The standard InChI is InChI=1S/C5H5Br2N3/c6-4-1-3(10-8)2-5(7)9-4/h1-2H,8H2,(H,9,10). The van der Waals surface area contributed by atoms with E-state index >= 15 is 0 Å². The van der Waals surface area contributed by atoms with Crippen LogP contribution in [0, 0.1) is 0 Å². The molecule has 0 spiro atoms.